The van der Waals surface area contributed by atoms with Gasteiger partial charge in [-0.1, -0.05) is 6.07 Å². The summed E-state index contributed by atoms with van der Waals surface area (Å²) >= 11 is 0. The van der Waals surface area contributed by atoms with Gasteiger partial charge in [-0.3, -0.25) is 9.69 Å². The van der Waals surface area contributed by atoms with E-state index in [0.29, 0.717) is 11.3 Å². The fourth-order valence-corrected chi connectivity index (χ4v) is 4.71. The van der Waals surface area contributed by atoms with Crippen LogP contribution in [0.5, 0.6) is 5.75 Å². The van der Waals surface area contributed by atoms with Crippen LogP contribution in [0.25, 0.3) is 5.57 Å². The molecule has 7 heteroatoms. The average molecular weight is 476 g/mol. The summed E-state index contributed by atoms with van der Waals surface area (Å²) in [7, 11) is 3.42. The van der Waals surface area contributed by atoms with Crippen LogP contribution in [0.2, 0.25) is 0 Å². The number of aryl methyl sites for hydroxylation is 1. The molecule has 2 aromatic rings. The van der Waals surface area contributed by atoms with Gasteiger partial charge >= 0.3 is 0 Å². The number of hydrogen-bond acceptors (Lipinski definition) is 6. The van der Waals surface area contributed by atoms with Crippen LogP contribution in [0.4, 0.5) is 5.69 Å². The molecule has 0 radical (unpaired) electrons. The number of methoxy groups -OCH3 is 1. The summed E-state index contributed by atoms with van der Waals surface area (Å²) in [5.74, 6) is 0.599. The summed E-state index contributed by atoms with van der Waals surface area (Å²) in [6.45, 7) is 8.14. The third-order valence-corrected chi connectivity index (χ3v) is 7.01. The minimum Gasteiger partial charge on any atom is -0.497 e. The Labute approximate surface area is 208 Å². The van der Waals surface area contributed by atoms with Crippen LogP contribution < -0.4 is 20.3 Å². The highest BCUT2D eigenvalue weighted by molar-refractivity contribution is 6.08. The SMILES string of the molecule is CN/C=C(\C=N)c1cc(OC)cc([C@@H](C)NC(=O)c2cc(N3CCN(C4CC4)CC3)ccc2C)c1. The second-order valence-corrected chi connectivity index (χ2v) is 9.48. The number of hydrogen-bond donors (Lipinski definition) is 3. The molecule has 2 aliphatic rings. The Bertz CT molecular complexity index is 1100. The normalized spacial score (nSPS) is 17.6. The number of carbonyl (C=O) groups is 1. The molecule has 1 aliphatic carbocycles. The molecule has 1 aliphatic heterocycles. The van der Waals surface area contributed by atoms with Gasteiger partial charge in [0.05, 0.1) is 13.2 Å². The smallest absolute Gasteiger partial charge is 0.252 e. The zero-order valence-corrected chi connectivity index (χ0v) is 21.2. The standard InChI is InChI=1S/C28H37N5O2/c1-19-5-6-25(33-11-9-32(10-12-33)24-7-8-24)16-27(19)28(34)31-20(2)21-13-22(15-26(14-21)35-4)23(17-29)18-30-3/h5-6,13-18,20,24,29-30H,7-12H2,1-4H3,(H,31,34)/b23-18+,29-17?/t20-/m1/s1. The average Bonchev–Trinajstić information content (AvgIpc) is 3.73. The van der Waals surface area contributed by atoms with Crippen molar-refractivity contribution >= 4 is 23.4 Å². The van der Waals surface area contributed by atoms with Gasteiger partial charge in [-0.25, -0.2) is 0 Å². The van der Waals surface area contributed by atoms with Gasteiger partial charge in [-0.2, -0.15) is 0 Å². The Morgan fingerprint density at radius 2 is 1.89 bits per heavy atom. The molecule has 0 bridgehead atoms. The molecule has 1 amide bonds. The first-order valence-corrected chi connectivity index (χ1v) is 12.4. The van der Waals surface area contributed by atoms with Crippen molar-refractivity contribution in [3.05, 3.63) is 64.9 Å². The number of allylic oxidation sites excluding steroid dienone is 1. The third-order valence-electron chi connectivity index (χ3n) is 7.01. The highest BCUT2D eigenvalue weighted by atomic mass is 16.5. The quantitative estimate of drug-likeness (QED) is 0.478. The van der Waals surface area contributed by atoms with Gasteiger partial charge in [0.25, 0.3) is 5.91 Å². The largest absolute Gasteiger partial charge is 0.497 e. The van der Waals surface area contributed by atoms with E-state index in [-0.39, 0.29) is 11.9 Å². The Morgan fingerprint density at radius 1 is 1.14 bits per heavy atom. The summed E-state index contributed by atoms with van der Waals surface area (Å²) in [6.07, 6.45) is 5.76. The van der Waals surface area contributed by atoms with Gasteiger partial charge in [0.1, 0.15) is 5.75 Å². The van der Waals surface area contributed by atoms with Crippen LogP contribution in [-0.2, 0) is 0 Å². The maximum Gasteiger partial charge on any atom is 0.252 e. The van der Waals surface area contributed by atoms with Crippen LogP contribution >= 0.6 is 0 Å². The van der Waals surface area contributed by atoms with Crippen LogP contribution in [0.1, 0.15) is 52.9 Å². The number of ether oxygens (including phenoxy) is 1. The number of carbonyl (C=O) groups excluding carboxylic acids is 1. The number of amides is 1. The molecule has 7 nitrogen and oxygen atoms in total. The summed E-state index contributed by atoms with van der Waals surface area (Å²) in [5, 5.41) is 13.9. The van der Waals surface area contributed by atoms with Crippen molar-refractivity contribution < 1.29 is 9.53 Å². The third kappa shape index (κ3) is 5.85. The molecule has 3 N–H and O–H groups in total. The predicted octanol–water partition coefficient (Wildman–Crippen LogP) is 3.99. The Morgan fingerprint density at radius 3 is 2.51 bits per heavy atom. The summed E-state index contributed by atoms with van der Waals surface area (Å²) in [5.41, 5.74) is 5.29. The lowest BCUT2D eigenvalue weighted by Gasteiger charge is -2.36. The zero-order valence-electron chi connectivity index (χ0n) is 21.2. The van der Waals surface area contributed by atoms with Gasteiger partial charge < -0.3 is 25.7 Å². The molecule has 0 aromatic heterocycles. The number of piperazine rings is 1. The van der Waals surface area contributed by atoms with Gasteiger partial charge in [-0.05, 0) is 73.7 Å². The minimum absolute atomic E-state index is 0.0871. The second-order valence-electron chi connectivity index (χ2n) is 9.48. The predicted molar refractivity (Wildman–Crippen MR) is 143 cm³/mol. The first-order chi connectivity index (χ1) is 16.9. The first-order valence-electron chi connectivity index (χ1n) is 12.4. The van der Waals surface area contributed by atoms with E-state index in [1.807, 2.05) is 44.2 Å². The molecule has 1 saturated carbocycles. The van der Waals surface area contributed by atoms with Crippen molar-refractivity contribution in [1.29, 1.82) is 5.41 Å². The van der Waals surface area contributed by atoms with E-state index in [1.165, 1.54) is 19.1 Å². The number of rotatable bonds is 9. The Balaban J connectivity index is 1.50. The van der Waals surface area contributed by atoms with E-state index >= 15 is 0 Å². The molecule has 35 heavy (non-hydrogen) atoms. The maximum absolute atomic E-state index is 13.3. The fourth-order valence-electron chi connectivity index (χ4n) is 4.71. The highest BCUT2D eigenvalue weighted by Crippen LogP contribution is 2.29. The van der Waals surface area contributed by atoms with E-state index in [9.17, 15) is 4.79 Å². The first kappa shape index (κ1) is 24.8. The van der Waals surface area contributed by atoms with E-state index in [4.69, 9.17) is 10.1 Å². The molecule has 186 valence electrons. The van der Waals surface area contributed by atoms with Gasteiger partial charge in [0, 0.05) is 68.5 Å². The van der Waals surface area contributed by atoms with Crippen molar-refractivity contribution in [1.82, 2.24) is 15.5 Å². The van der Waals surface area contributed by atoms with Crippen LogP contribution in [0.15, 0.2) is 42.6 Å². The van der Waals surface area contributed by atoms with Crippen LogP contribution in [0.3, 0.4) is 0 Å². The lowest BCUT2D eigenvalue weighted by molar-refractivity contribution is 0.0939. The molecule has 2 aromatic carbocycles. The number of anilines is 1. The maximum atomic E-state index is 13.3. The van der Waals surface area contributed by atoms with E-state index in [0.717, 1.165) is 60.2 Å². The Hall–Kier alpha value is -3.32. The monoisotopic (exact) mass is 475 g/mol. The molecule has 4 rings (SSSR count). The zero-order chi connectivity index (χ0) is 24.9. The molecule has 1 saturated heterocycles. The Kier molecular flexibility index (Phi) is 7.76. The highest BCUT2D eigenvalue weighted by Gasteiger charge is 2.31. The number of benzene rings is 2. The number of nitrogens with one attached hydrogen (secondary N) is 3. The molecule has 1 heterocycles. The topological polar surface area (TPSA) is 80.7 Å². The van der Waals surface area contributed by atoms with E-state index in [2.05, 4.69) is 26.5 Å². The van der Waals surface area contributed by atoms with Gasteiger partial charge in [0.15, 0.2) is 0 Å². The van der Waals surface area contributed by atoms with Gasteiger partial charge in [0.2, 0.25) is 0 Å². The summed E-state index contributed by atoms with van der Waals surface area (Å²) < 4.78 is 5.49. The lowest BCUT2D eigenvalue weighted by atomic mass is 9.99. The number of nitrogens with zero attached hydrogens (tertiary/aromatic N) is 2. The minimum atomic E-state index is -0.233. The second kappa shape index (κ2) is 11.0. The van der Waals surface area contributed by atoms with Crippen LogP contribution in [0, 0.1) is 12.3 Å². The molecule has 1 atom stereocenters. The summed E-state index contributed by atoms with van der Waals surface area (Å²) in [4.78, 5) is 18.3. The van der Waals surface area contributed by atoms with Gasteiger partial charge in [-0.15, -0.1) is 0 Å². The van der Waals surface area contributed by atoms with Crippen molar-refractivity contribution in [2.24, 2.45) is 0 Å². The molecule has 0 spiro atoms. The molecular weight excluding hydrogens is 438 g/mol. The molecule has 2 fully saturated rings. The summed E-state index contributed by atoms with van der Waals surface area (Å²) in [6, 6.07) is 12.6. The van der Waals surface area contributed by atoms with Crippen LogP contribution in [-0.4, -0.2) is 63.4 Å². The van der Waals surface area contributed by atoms with Crippen molar-refractivity contribution in [3.63, 3.8) is 0 Å². The van der Waals surface area contributed by atoms with E-state index < -0.39 is 0 Å². The molecular formula is C28H37N5O2. The molecule has 0 unspecified atom stereocenters. The van der Waals surface area contributed by atoms with Crippen molar-refractivity contribution in [3.8, 4) is 5.75 Å². The lowest BCUT2D eigenvalue weighted by Crippen LogP contribution is -2.47. The fraction of sp³-hybridized carbons (Fsp3) is 0.429. The van der Waals surface area contributed by atoms with E-state index in [1.54, 1.807) is 20.4 Å². The van der Waals surface area contributed by atoms with Crippen molar-refractivity contribution in [2.45, 2.75) is 38.8 Å². The van der Waals surface area contributed by atoms with Crippen molar-refractivity contribution in [2.75, 3.05) is 45.2 Å².